The van der Waals surface area contributed by atoms with Crippen molar-refractivity contribution in [1.82, 2.24) is 9.55 Å². The molecule has 0 aliphatic rings. The second-order valence-corrected chi connectivity index (χ2v) is 9.62. The van der Waals surface area contributed by atoms with Crippen LogP contribution in [0.25, 0.3) is 16.6 Å². The first-order chi connectivity index (χ1) is 15.8. The number of nitrogens with one attached hydrogen (secondary N) is 1. The van der Waals surface area contributed by atoms with Crippen molar-refractivity contribution in [1.29, 1.82) is 0 Å². The molecule has 0 fully saturated rings. The van der Waals surface area contributed by atoms with Crippen LogP contribution in [-0.4, -0.2) is 20.7 Å². The van der Waals surface area contributed by atoms with Crippen molar-refractivity contribution < 1.29 is 4.79 Å². The van der Waals surface area contributed by atoms with Crippen LogP contribution in [0.3, 0.4) is 0 Å². The zero-order valence-corrected chi connectivity index (χ0v) is 20.3. The summed E-state index contributed by atoms with van der Waals surface area (Å²) in [5.74, 6) is -0.132. The number of nitrogens with zero attached hydrogens (tertiary/aromatic N) is 2. The Morgan fingerprint density at radius 3 is 2.09 bits per heavy atom. The number of carbonyl (C=O) groups excluding carboxylic acids is 1. The fraction of sp³-hybridized carbons (Fsp3) is 0.222. The van der Waals surface area contributed by atoms with Crippen molar-refractivity contribution in [3.63, 3.8) is 0 Å². The molecule has 1 atom stereocenters. The summed E-state index contributed by atoms with van der Waals surface area (Å²) < 4.78 is 1.65. The Balaban J connectivity index is 1.79. The molecule has 4 rings (SSSR count). The van der Waals surface area contributed by atoms with E-state index in [9.17, 15) is 9.59 Å². The molecule has 0 aliphatic carbocycles. The molecule has 168 valence electrons. The summed E-state index contributed by atoms with van der Waals surface area (Å²) in [4.78, 5) is 31.5. The minimum Gasteiger partial charge on any atom is -0.325 e. The molecule has 3 aromatic carbocycles. The van der Waals surface area contributed by atoms with Crippen LogP contribution in [-0.2, 0) is 4.79 Å². The molecule has 5 nitrogen and oxygen atoms in total. The molecule has 0 radical (unpaired) electrons. The fourth-order valence-electron chi connectivity index (χ4n) is 4.00. The Labute approximate surface area is 197 Å². The predicted octanol–water partition coefficient (Wildman–Crippen LogP) is 5.74. The third-order valence-electron chi connectivity index (χ3n) is 5.79. The summed E-state index contributed by atoms with van der Waals surface area (Å²) in [6, 6.07) is 19.2. The lowest BCUT2D eigenvalue weighted by Gasteiger charge is -2.19. The largest absolute Gasteiger partial charge is 0.325 e. The molecular formula is C27H27N3O2S. The van der Waals surface area contributed by atoms with Crippen LogP contribution in [0.1, 0.15) is 29.2 Å². The van der Waals surface area contributed by atoms with E-state index < -0.39 is 5.25 Å². The van der Waals surface area contributed by atoms with E-state index in [1.54, 1.807) is 10.6 Å². The van der Waals surface area contributed by atoms with Crippen LogP contribution in [0.2, 0.25) is 0 Å². The van der Waals surface area contributed by atoms with Gasteiger partial charge in [-0.1, -0.05) is 60.3 Å². The van der Waals surface area contributed by atoms with Crippen molar-refractivity contribution in [2.75, 3.05) is 5.32 Å². The van der Waals surface area contributed by atoms with Gasteiger partial charge < -0.3 is 5.32 Å². The topological polar surface area (TPSA) is 64.0 Å². The van der Waals surface area contributed by atoms with Gasteiger partial charge in [0.25, 0.3) is 5.56 Å². The Hall–Kier alpha value is -3.38. The SMILES string of the molecule is Cc1cccc(C)c1NC(=O)C(C)Sc1nc2ccccc2c(=O)n1-c1c(C)cccc1C. The lowest BCUT2D eigenvalue weighted by atomic mass is 10.1. The van der Waals surface area contributed by atoms with Crippen molar-refractivity contribution in [2.45, 2.75) is 45.0 Å². The first-order valence-electron chi connectivity index (χ1n) is 10.9. The van der Waals surface area contributed by atoms with Crippen LogP contribution in [0.15, 0.2) is 70.6 Å². The van der Waals surface area contributed by atoms with E-state index in [2.05, 4.69) is 5.32 Å². The average Bonchev–Trinajstić information content (AvgIpc) is 2.78. The summed E-state index contributed by atoms with van der Waals surface area (Å²) >= 11 is 1.29. The molecular weight excluding hydrogens is 430 g/mol. The minimum atomic E-state index is -0.465. The standard InChI is InChI=1S/C27H27N3O2S/c1-16-10-8-11-17(2)23(16)29-25(31)20(5)33-27-28-22-15-7-6-14-21(22)26(32)30(27)24-18(3)12-9-13-19(24)4/h6-15,20H,1-5H3,(H,29,31). The number of aryl methyl sites for hydroxylation is 4. The number of carbonyl (C=O) groups is 1. The number of rotatable bonds is 5. The van der Waals surface area contributed by atoms with Crippen LogP contribution >= 0.6 is 11.8 Å². The highest BCUT2D eigenvalue weighted by Crippen LogP contribution is 2.29. The first-order valence-corrected chi connectivity index (χ1v) is 11.8. The quantitative estimate of drug-likeness (QED) is 0.307. The van der Waals surface area contributed by atoms with Gasteiger partial charge in [-0.2, -0.15) is 0 Å². The van der Waals surface area contributed by atoms with Gasteiger partial charge in [0.2, 0.25) is 5.91 Å². The average molecular weight is 458 g/mol. The molecule has 1 N–H and O–H groups in total. The number of para-hydroxylation sites is 3. The number of thioether (sulfide) groups is 1. The van der Waals surface area contributed by atoms with E-state index in [-0.39, 0.29) is 11.5 Å². The van der Waals surface area contributed by atoms with Crippen molar-refractivity contribution in [3.05, 3.63) is 93.3 Å². The molecule has 1 unspecified atom stereocenters. The number of fused-ring (bicyclic) bond motifs is 1. The van der Waals surface area contributed by atoms with Gasteiger partial charge in [-0.15, -0.1) is 0 Å². The Morgan fingerprint density at radius 1 is 0.879 bits per heavy atom. The summed E-state index contributed by atoms with van der Waals surface area (Å²) in [7, 11) is 0. The maximum Gasteiger partial charge on any atom is 0.266 e. The van der Waals surface area contributed by atoms with Gasteiger partial charge in [-0.05, 0) is 69.0 Å². The fourth-order valence-corrected chi connectivity index (χ4v) is 4.91. The highest BCUT2D eigenvalue weighted by molar-refractivity contribution is 8.00. The molecule has 6 heteroatoms. The molecule has 33 heavy (non-hydrogen) atoms. The molecule has 0 saturated heterocycles. The van der Waals surface area contributed by atoms with Crippen LogP contribution in [0.4, 0.5) is 5.69 Å². The number of amides is 1. The Bertz CT molecular complexity index is 1380. The van der Waals surface area contributed by atoms with E-state index in [1.807, 2.05) is 89.2 Å². The molecule has 0 spiro atoms. The van der Waals surface area contributed by atoms with E-state index in [1.165, 1.54) is 11.8 Å². The second kappa shape index (κ2) is 9.24. The van der Waals surface area contributed by atoms with Gasteiger partial charge in [0.05, 0.1) is 21.8 Å². The molecule has 0 aliphatic heterocycles. The zero-order valence-electron chi connectivity index (χ0n) is 19.5. The minimum absolute atomic E-state index is 0.132. The number of anilines is 1. The van der Waals surface area contributed by atoms with Gasteiger partial charge in [0.1, 0.15) is 0 Å². The highest BCUT2D eigenvalue weighted by atomic mass is 32.2. The maximum absolute atomic E-state index is 13.6. The summed E-state index contributed by atoms with van der Waals surface area (Å²) in [5, 5.41) is 3.65. The van der Waals surface area contributed by atoms with Gasteiger partial charge in [-0.25, -0.2) is 4.98 Å². The number of hydrogen-bond acceptors (Lipinski definition) is 4. The van der Waals surface area contributed by atoms with Gasteiger partial charge in [0, 0.05) is 5.69 Å². The summed E-state index contributed by atoms with van der Waals surface area (Å²) in [6.07, 6.45) is 0. The summed E-state index contributed by atoms with van der Waals surface area (Å²) in [5.41, 5.74) is 6.10. The maximum atomic E-state index is 13.6. The molecule has 0 saturated carbocycles. The van der Waals surface area contributed by atoms with Gasteiger partial charge in [-0.3, -0.25) is 14.2 Å². The number of benzene rings is 3. The summed E-state index contributed by atoms with van der Waals surface area (Å²) in [6.45, 7) is 9.75. The Morgan fingerprint density at radius 2 is 1.45 bits per heavy atom. The van der Waals surface area contributed by atoms with E-state index in [0.717, 1.165) is 33.6 Å². The van der Waals surface area contributed by atoms with E-state index in [0.29, 0.717) is 16.1 Å². The molecule has 0 bridgehead atoms. The second-order valence-electron chi connectivity index (χ2n) is 8.31. The predicted molar refractivity (Wildman–Crippen MR) is 137 cm³/mol. The van der Waals surface area contributed by atoms with Gasteiger partial charge in [0.15, 0.2) is 5.16 Å². The molecule has 1 amide bonds. The smallest absolute Gasteiger partial charge is 0.266 e. The first kappa shape index (κ1) is 22.8. The van der Waals surface area contributed by atoms with E-state index in [4.69, 9.17) is 4.98 Å². The monoisotopic (exact) mass is 457 g/mol. The highest BCUT2D eigenvalue weighted by Gasteiger charge is 2.22. The normalized spacial score (nSPS) is 12.0. The third-order valence-corrected chi connectivity index (χ3v) is 6.84. The molecule has 1 heterocycles. The van der Waals surface area contributed by atoms with Gasteiger partial charge >= 0.3 is 0 Å². The molecule has 4 aromatic rings. The van der Waals surface area contributed by atoms with Crippen molar-refractivity contribution in [3.8, 4) is 5.69 Å². The number of aromatic nitrogens is 2. The van der Waals surface area contributed by atoms with Crippen LogP contribution in [0, 0.1) is 27.7 Å². The van der Waals surface area contributed by atoms with Crippen LogP contribution in [0.5, 0.6) is 0 Å². The van der Waals surface area contributed by atoms with E-state index >= 15 is 0 Å². The van der Waals surface area contributed by atoms with Crippen molar-refractivity contribution in [2.24, 2.45) is 0 Å². The lowest BCUT2D eigenvalue weighted by Crippen LogP contribution is -2.27. The van der Waals surface area contributed by atoms with Crippen LogP contribution < -0.4 is 10.9 Å². The Kier molecular flexibility index (Phi) is 6.38. The zero-order chi connectivity index (χ0) is 23.7. The third kappa shape index (κ3) is 4.44. The van der Waals surface area contributed by atoms with Crippen molar-refractivity contribution >= 4 is 34.3 Å². The molecule has 1 aromatic heterocycles. The lowest BCUT2D eigenvalue weighted by molar-refractivity contribution is -0.115. The number of hydrogen-bond donors (Lipinski definition) is 1.